The lowest BCUT2D eigenvalue weighted by Gasteiger charge is -2.36. The van der Waals surface area contributed by atoms with E-state index in [-0.39, 0.29) is 5.04 Å². The number of nitrogens with zero attached hydrogens (tertiary/aromatic N) is 2. The van der Waals surface area contributed by atoms with Crippen LogP contribution < -0.4 is 10.1 Å². The second-order valence-corrected chi connectivity index (χ2v) is 13.7. The Morgan fingerprint density at radius 2 is 2.00 bits per heavy atom. The summed E-state index contributed by atoms with van der Waals surface area (Å²) in [5, 5.41) is 3.32. The summed E-state index contributed by atoms with van der Waals surface area (Å²) >= 11 is 3.31. The molecule has 0 saturated heterocycles. The van der Waals surface area contributed by atoms with Gasteiger partial charge >= 0.3 is 0 Å². The number of benzene rings is 1. The van der Waals surface area contributed by atoms with Gasteiger partial charge in [0.2, 0.25) is 11.6 Å². The number of hydrogen-bond donors (Lipinski definition) is 1. The van der Waals surface area contributed by atoms with Gasteiger partial charge in [0.05, 0.1) is 13.2 Å². The molecule has 0 unspecified atom stereocenters. The molecule has 0 fully saturated rings. The molecule has 2 aromatic rings. The zero-order valence-corrected chi connectivity index (χ0v) is 20.0. The quantitative estimate of drug-likeness (QED) is 0.206. The molecule has 0 amide bonds. The van der Waals surface area contributed by atoms with Gasteiger partial charge in [-0.3, -0.25) is 4.79 Å². The van der Waals surface area contributed by atoms with Crippen molar-refractivity contribution in [2.75, 3.05) is 18.5 Å². The minimum atomic E-state index is -1.82. The van der Waals surface area contributed by atoms with Crippen LogP contribution in [0.4, 0.5) is 11.5 Å². The van der Waals surface area contributed by atoms with E-state index < -0.39 is 8.32 Å². The number of ether oxygens (including phenoxy) is 1. The van der Waals surface area contributed by atoms with Crippen molar-refractivity contribution >= 4 is 42.0 Å². The van der Waals surface area contributed by atoms with Crippen molar-refractivity contribution in [3.8, 4) is 11.6 Å². The molecule has 29 heavy (non-hydrogen) atoms. The van der Waals surface area contributed by atoms with Gasteiger partial charge < -0.3 is 14.5 Å². The third-order valence-corrected chi connectivity index (χ3v) is 10.2. The van der Waals surface area contributed by atoms with Crippen LogP contribution in [-0.2, 0) is 4.43 Å². The third kappa shape index (κ3) is 6.13. The lowest BCUT2D eigenvalue weighted by Crippen LogP contribution is -2.41. The molecular weight excluding hydrogens is 450 g/mol. The van der Waals surface area contributed by atoms with Crippen molar-refractivity contribution in [1.82, 2.24) is 4.98 Å². The van der Waals surface area contributed by atoms with Crippen molar-refractivity contribution in [3.63, 3.8) is 0 Å². The fourth-order valence-electron chi connectivity index (χ4n) is 2.20. The summed E-state index contributed by atoms with van der Waals surface area (Å²) in [5.74, 6) is 1.28. The summed E-state index contributed by atoms with van der Waals surface area (Å²) in [6.45, 7) is 19.4. The van der Waals surface area contributed by atoms with Crippen LogP contribution in [0.5, 0.6) is 11.6 Å². The average Bonchev–Trinajstić information content (AvgIpc) is 2.66. The Morgan fingerprint density at radius 3 is 2.62 bits per heavy atom. The SMILES string of the molecule is [C-]#[N+]c1ccc(Oc2ccc(Br)c(C=O)c2)nc1NCCO[Si](C)(C)C(C)(C)C. The van der Waals surface area contributed by atoms with Crippen molar-refractivity contribution in [2.45, 2.75) is 38.9 Å². The number of aldehydes is 1. The molecule has 0 saturated carbocycles. The van der Waals surface area contributed by atoms with Crippen molar-refractivity contribution in [2.24, 2.45) is 0 Å². The van der Waals surface area contributed by atoms with Crippen LogP contribution in [0.2, 0.25) is 18.1 Å². The molecule has 1 N–H and O–H groups in total. The van der Waals surface area contributed by atoms with Gasteiger partial charge in [0.15, 0.2) is 14.6 Å². The summed E-state index contributed by atoms with van der Waals surface area (Å²) in [6.07, 6.45) is 0.752. The van der Waals surface area contributed by atoms with Crippen LogP contribution in [0.3, 0.4) is 0 Å². The zero-order valence-electron chi connectivity index (χ0n) is 17.4. The van der Waals surface area contributed by atoms with E-state index in [0.29, 0.717) is 46.3 Å². The molecule has 0 atom stereocenters. The van der Waals surface area contributed by atoms with E-state index in [1.54, 1.807) is 30.3 Å². The predicted molar refractivity (Wildman–Crippen MR) is 122 cm³/mol. The highest BCUT2D eigenvalue weighted by atomic mass is 79.9. The first-order valence-corrected chi connectivity index (χ1v) is 13.0. The van der Waals surface area contributed by atoms with E-state index in [1.807, 2.05) is 0 Å². The van der Waals surface area contributed by atoms with Crippen LogP contribution in [-0.4, -0.2) is 32.7 Å². The number of carbonyl (C=O) groups excluding carboxylic acids is 1. The molecule has 6 nitrogen and oxygen atoms in total. The Hall–Kier alpha value is -2.21. The van der Waals surface area contributed by atoms with Crippen molar-refractivity contribution in [1.29, 1.82) is 0 Å². The number of nitrogens with one attached hydrogen (secondary N) is 1. The van der Waals surface area contributed by atoms with E-state index in [2.05, 4.69) is 64.9 Å². The lowest BCUT2D eigenvalue weighted by atomic mass is 10.2. The Kier molecular flexibility index (Phi) is 7.58. The highest BCUT2D eigenvalue weighted by Crippen LogP contribution is 2.36. The van der Waals surface area contributed by atoms with Gasteiger partial charge in [-0.1, -0.05) is 36.7 Å². The van der Waals surface area contributed by atoms with Gasteiger partial charge in [0, 0.05) is 16.6 Å². The molecule has 1 aromatic heterocycles. The molecule has 2 rings (SSSR count). The van der Waals surface area contributed by atoms with Crippen LogP contribution in [0, 0.1) is 6.57 Å². The van der Waals surface area contributed by atoms with Crippen LogP contribution in [0.1, 0.15) is 31.1 Å². The second-order valence-electron chi connectivity index (χ2n) is 8.07. The maximum Gasteiger partial charge on any atom is 0.228 e. The molecule has 1 heterocycles. The highest BCUT2D eigenvalue weighted by molar-refractivity contribution is 9.10. The maximum atomic E-state index is 11.1. The van der Waals surface area contributed by atoms with Gasteiger partial charge in [-0.05, 0) is 48.5 Å². The van der Waals surface area contributed by atoms with E-state index >= 15 is 0 Å². The maximum absolute atomic E-state index is 11.1. The Balaban J connectivity index is 2.07. The molecule has 8 heteroatoms. The first-order chi connectivity index (χ1) is 13.6. The Bertz CT molecular complexity index is 920. The first-order valence-electron chi connectivity index (χ1n) is 9.26. The molecular formula is C21H26BrN3O3Si. The molecule has 0 spiro atoms. The van der Waals surface area contributed by atoms with E-state index in [0.717, 1.165) is 6.29 Å². The summed E-state index contributed by atoms with van der Waals surface area (Å²) in [7, 11) is -1.82. The average molecular weight is 476 g/mol. The van der Waals surface area contributed by atoms with Crippen LogP contribution >= 0.6 is 15.9 Å². The lowest BCUT2D eigenvalue weighted by molar-refractivity contribution is 0.112. The molecule has 0 aliphatic carbocycles. The highest BCUT2D eigenvalue weighted by Gasteiger charge is 2.36. The van der Waals surface area contributed by atoms with E-state index in [4.69, 9.17) is 15.7 Å². The topological polar surface area (TPSA) is 64.8 Å². The number of pyridine rings is 1. The fraction of sp³-hybridized carbons (Fsp3) is 0.381. The van der Waals surface area contributed by atoms with Gasteiger partial charge in [-0.2, -0.15) is 0 Å². The molecule has 0 radical (unpaired) electrons. The zero-order chi connectivity index (χ0) is 21.7. The number of halogens is 1. The number of hydrogen-bond acceptors (Lipinski definition) is 5. The normalized spacial score (nSPS) is 11.6. The summed E-state index contributed by atoms with van der Waals surface area (Å²) in [5.41, 5.74) is 0.899. The number of rotatable bonds is 8. The minimum absolute atomic E-state index is 0.145. The smallest absolute Gasteiger partial charge is 0.228 e. The molecule has 0 bridgehead atoms. The van der Waals surface area contributed by atoms with E-state index in [1.165, 1.54) is 0 Å². The standard InChI is InChI=1S/C21H26BrN3O3Si/c1-21(2,3)29(5,6)27-12-11-24-20-18(23-4)9-10-19(25-20)28-16-7-8-17(22)15(13-16)14-26/h7-10,13-14H,11-12H2,1-3,5-6H3,(H,24,25). The van der Waals surface area contributed by atoms with Crippen LogP contribution in [0.15, 0.2) is 34.8 Å². The number of anilines is 1. The minimum Gasteiger partial charge on any atom is -0.439 e. The van der Waals surface area contributed by atoms with Gasteiger partial charge in [-0.25, -0.2) is 9.83 Å². The van der Waals surface area contributed by atoms with Crippen molar-refractivity contribution in [3.05, 3.63) is 51.8 Å². The van der Waals surface area contributed by atoms with E-state index in [9.17, 15) is 4.79 Å². The second kappa shape index (κ2) is 9.52. The first kappa shape index (κ1) is 23.1. The largest absolute Gasteiger partial charge is 0.439 e. The molecule has 0 aliphatic heterocycles. The third-order valence-electron chi connectivity index (χ3n) is 4.95. The molecule has 0 aliphatic rings. The van der Waals surface area contributed by atoms with Gasteiger partial charge in [-0.15, -0.1) is 0 Å². The predicted octanol–water partition coefficient (Wildman–Crippen LogP) is 6.43. The Labute approximate surface area is 181 Å². The summed E-state index contributed by atoms with van der Waals surface area (Å²) in [6, 6.07) is 8.40. The van der Waals surface area contributed by atoms with Crippen molar-refractivity contribution < 1.29 is 14.0 Å². The number of carbonyl (C=O) groups is 1. The number of aromatic nitrogens is 1. The monoisotopic (exact) mass is 475 g/mol. The molecule has 1 aromatic carbocycles. The van der Waals surface area contributed by atoms with Crippen LogP contribution in [0.25, 0.3) is 4.85 Å². The summed E-state index contributed by atoms with van der Waals surface area (Å²) < 4.78 is 12.6. The Morgan fingerprint density at radius 1 is 1.28 bits per heavy atom. The van der Waals surface area contributed by atoms with Gasteiger partial charge in [0.25, 0.3) is 0 Å². The molecule has 154 valence electrons. The summed E-state index contributed by atoms with van der Waals surface area (Å²) in [4.78, 5) is 19.0. The fourth-order valence-corrected chi connectivity index (χ4v) is 3.59. The van der Waals surface area contributed by atoms with Gasteiger partial charge in [0.1, 0.15) is 11.6 Å².